The van der Waals surface area contributed by atoms with Gasteiger partial charge in [-0.25, -0.2) is 0 Å². The zero-order chi connectivity index (χ0) is 16.2. The molecule has 0 radical (unpaired) electrons. The third kappa shape index (κ3) is 2.91. The molecule has 1 aliphatic carbocycles. The molecule has 3 rings (SSSR count). The predicted octanol–water partition coefficient (Wildman–Crippen LogP) is 3.57. The topological polar surface area (TPSA) is 59.3 Å². The average molecular weight is 307 g/mol. The summed E-state index contributed by atoms with van der Waals surface area (Å²) >= 11 is 0. The second-order valence-corrected chi connectivity index (χ2v) is 5.50. The standard InChI is InChI=1S/C19H17NO3/c1-22-18-9-7-14(15(11-20)12-21)10-19(18)23-17-8-6-13-4-2-3-5-16(13)17/h2-5,7,9-10,12,15,17H,6,8H2,1H3. The summed E-state index contributed by atoms with van der Waals surface area (Å²) in [7, 11) is 1.58. The first-order valence-electron chi connectivity index (χ1n) is 7.54. The number of nitriles is 1. The zero-order valence-corrected chi connectivity index (χ0v) is 12.9. The van der Waals surface area contributed by atoms with Gasteiger partial charge in [-0.1, -0.05) is 30.3 Å². The van der Waals surface area contributed by atoms with E-state index in [0.29, 0.717) is 23.3 Å². The summed E-state index contributed by atoms with van der Waals surface area (Å²) in [6.07, 6.45) is 2.49. The lowest BCUT2D eigenvalue weighted by Gasteiger charge is -2.18. The van der Waals surface area contributed by atoms with Crippen LogP contribution in [0.3, 0.4) is 0 Å². The quantitative estimate of drug-likeness (QED) is 0.792. The zero-order valence-electron chi connectivity index (χ0n) is 12.9. The minimum atomic E-state index is -0.792. The predicted molar refractivity (Wildman–Crippen MR) is 85.5 cm³/mol. The third-order valence-electron chi connectivity index (χ3n) is 4.17. The van der Waals surface area contributed by atoms with Crippen LogP contribution in [0.2, 0.25) is 0 Å². The number of benzene rings is 2. The Labute approximate surface area is 135 Å². The molecular weight excluding hydrogens is 290 g/mol. The summed E-state index contributed by atoms with van der Waals surface area (Å²) in [6, 6.07) is 15.4. The Hall–Kier alpha value is -2.80. The Bertz CT molecular complexity index is 763. The van der Waals surface area contributed by atoms with Gasteiger partial charge in [-0.3, -0.25) is 0 Å². The highest BCUT2D eigenvalue weighted by Crippen LogP contribution is 2.39. The van der Waals surface area contributed by atoms with Crippen LogP contribution in [0.1, 0.15) is 35.1 Å². The molecule has 23 heavy (non-hydrogen) atoms. The van der Waals surface area contributed by atoms with Crippen molar-refractivity contribution < 1.29 is 14.3 Å². The van der Waals surface area contributed by atoms with Crippen LogP contribution in [0.15, 0.2) is 42.5 Å². The highest BCUT2D eigenvalue weighted by molar-refractivity contribution is 5.67. The lowest BCUT2D eigenvalue weighted by molar-refractivity contribution is -0.108. The Balaban J connectivity index is 1.92. The van der Waals surface area contributed by atoms with Crippen molar-refractivity contribution >= 4 is 6.29 Å². The van der Waals surface area contributed by atoms with Gasteiger partial charge in [0.2, 0.25) is 0 Å². The van der Waals surface area contributed by atoms with Crippen molar-refractivity contribution in [1.29, 1.82) is 5.26 Å². The van der Waals surface area contributed by atoms with Crippen molar-refractivity contribution in [2.45, 2.75) is 24.9 Å². The molecule has 2 atom stereocenters. The van der Waals surface area contributed by atoms with E-state index in [0.717, 1.165) is 12.8 Å². The van der Waals surface area contributed by atoms with E-state index in [9.17, 15) is 4.79 Å². The van der Waals surface area contributed by atoms with Gasteiger partial charge < -0.3 is 14.3 Å². The summed E-state index contributed by atoms with van der Waals surface area (Å²) in [6.45, 7) is 0. The van der Waals surface area contributed by atoms with Gasteiger partial charge >= 0.3 is 0 Å². The van der Waals surface area contributed by atoms with Gasteiger partial charge in [0.25, 0.3) is 0 Å². The lowest BCUT2D eigenvalue weighted by Crippen LogP contribution is -2.06. The molecule has 2 aromatic rings. The van der Waals surface area contributed by atoms with Gasteiger partial charge in [0.15, 0.2) is 11.5 Å². The first kappa shape index (κ1) is 15.1. The maximum absolute atomic E-state index is 11.0. The van der Waals surface area contributed by atoms with Gasteiger partial charge in [-0.05, 0) is 41.7 Å². The highest BCUT2D eigenvalue weighted by Gasteiger charge is 2.25. The number of hydrogen-bond donors (Lipinski definition) is 0. The van der Waals surface area contributed by atoms with Crippen molar-refractivity contribution in [2.24, 2.45) is 0 Å². The molecule has 0 aromatic heterocycles. The van der Waals surface area contributed by atoms with Crippen LogP contribution in [0.5, 0.6) is 11.5 Å². The fraction of sp³-hybridized carbons (Fsp3) is 0.263. The van der Waals surface area contributed by atoms with Crippen LogP contribution in [0.4, 0.5) is 0 Å². The Kier molecular flexibility index (Phi) is 4.29. The molecule has 2 aromatic carbocycles. The normalized spacial score (nSPS) is 17.0. The molecule has 2 unspecified atom stereocenters. The van der Waals surface area contributed by atoms with Crippen molar-refractivity contribution in [2.75, 3.05) is 7.11 Å². The van der Waals surface area contributed by atoms with Gasteiger partial charge in [0.1, 0.15) is 18.3 Å². The van der Waals surface area contributed by atoms with Crippen LogP contribution in [0, 0.1) is 11.3 Å². The third-order valence-corrected chi connectivity index (χ3v) is 4.17. The Morgan fingerprint density at radius 1 is 1.26 bits per heavy atom. The van der Waals surface area contributed by atoms with Crippen LogP contribution in [-0.2, 0) is 11.2 Å². The van der Waals surface area contributed by atoms with Gasteiger partial charge in [-0.15, -0.1) is 0 Å². The number of hydrogen-bond acceptors (Lipinski definition) is 4. The summed E-state index contributed by atoms with van der Waals surface area (Å²) in [5, 5.41) is 9.06. The second kappa shape index (κ2) is 6.53. The molecule has 0 bridgehead atoms. The van der Waals surface area contributed by atoms with Crippen molar-refractivity contribution in [1.82, 2.24) is 0 Å². The minimum Gasteiger partial charge on any atom is -0.493 e. The first-order valence-corrected chi connectivity index (χ1v) is 7.54. The van der Waals surface area contributed by atoms with Gasteiger partial charge in [0, 0.05) is 0 Å². The average Bonchev–Trinajstić information content (AvgIpc) is 2.99. The van der Waals surface area contributed by atoms with E-state index in [1.165, 1.54) is 11.1 Å². The smallest absolute Gasteiger partial charge is 0.162 e. The number of carbonyl (C=O) groups excluding carboxylic acids is 1. The molecule has 0 aliphatic heterocycles. The lowest BCUT2D eigenvalue weighted by atomic mass is 10.0. The molecule has 0 amide bonds. The van der Waals surface area contributed by atoms with Crippen molar-refractivity contribution in [3.63, 3.8) is 0 Å². The van der Waals surface area contributed by atoms with Gasteiger partial charge in [-0.2, -0.15) is 5.26 Å². The number of methoxy groups -OCH3 is 1. The summed E-state index contributed by atoms with van der Waals surface area (Å²) in [5.74, 6) is 0.369. The number of ether oxygens (including phenoxy) is 2. The first-order chi connectivity index (χ1) is 11.3. The molecule has 0 fully saturated rings. The van der Waals surface area contributed by atoms with Crippen LogP contribution in [-0.4, -0.2) is 13.4 Å². The molecule has 1 aliphatic rings. The minimum absolute atomic E-state index is 0.0351. The molecule has 0 saturated heterocycles. The van der Waals surface area contributed by atoms with Gasteiger partial charge in [0.05, 0.1) is 13.2 Å². The molecular formula is C19H17NO3. The Morgan fingerprint density at radius 3 is 2.83 bits per heavy atom. The summed E-state index contributed by atoms with van der Waals surface area (Å²) in [4.78, 5) is 11.0. The fourth-order valence-electron chi connectivity index (χ4n) is 2.96. The largest absolute Gasteiger partial charge is 0.493 e. The monoisotopic (exact) mass is 307 g/mol. The van der Waals surface area contributed by atoms with Crippen LogP contribution < -0.4 is 9.47 Å². The van der Waals surface area contributed by atoms with Crippen molar-refractivity contribution in [3.05, 3.63) is 59.2 Å². The Morgan fingerprint density at radius 2 is 2.09 bits per heavy atom. The van der Waals surface area contributed by atoms with Crippen molar-refractivity contribution in [3.8, 4) is 17.6 Å². The van der Waals surface area contributed by atoms with E-state index in [-0.39, 0.29) is 6.10 Å². The highest BCUT2D eigenvalue weighted by atomic mass is 16.5. The number of fused-ring (bicyclic) bond motifs is 1. The number of nitrogens with zero attached hydrogens (tertiary/aromatic N) is 1. The molecule has 0 heterocycles. The molecule has 0 spiro atoms. The van der Waals surface area contributed by atoms with E-state index in [2.05, 4.69) is 12.1 Å². The number of rotatable bonds is 5. The number of aryl methyl sites for hydroxylation is 1. The number of aldehydes is 1. The molecule has 4 heteroatoms. The van der Waals surface area contributed by atoms with E-state index in [4.69, 9.17) is 14.7 Å². The SMILES string of the molecule is COc1ccc(C(C#N)C=O)cc1OC1CCc2ccccc21. The van der Waals surface area contributed by atoms with E-state index in [1.54, 1.807) is 25.3 Å². The van der Waals surface area contributed by atoms with E-state index >= 15 is 0 Å². The van der Waals surface area contributed by atoms with Crippen LogP contribution >= 0.6 is 0 Å². The maximum Gasteiger partial charge on any atom is 0.162 e. The summed E-state index contributed by atoms with van der Waals surface area (Å²) < 4.78 is 11.5. The molecule has 0 N–H and O–H groups in total. The van der Waals surface area contributed by atoms with E-state index < -0.39 is 5.92 Å². The molecule has 116 valence electrons. The van der Waals surface area contributed by atoms with Crippen LogP contribution in [0.25, 0.3) is 0 Å². The summed E-state index contributed by atoms with van der Waals surface area (Å²) in [5.41, 5.74) is 3.10. The van der Waals surface area contributed by atoms with E-state index in [1.807, 2.05) is 18.2 Å². The second-order valence-electron chi connectivity index (χ2n) is 5.50. The molecule has 4 nitrogen and oxygen atoms in total. The maximum atomic E-state index is 11.0. The fourth-order valence-corrected chi connectivity index (χ4v) is 2.96. The molecule has 0 saturated carbocycles. The number of carbonyl (C=O) groups is 1.